The predicted molar refractivity (Wildman–Crippen MR) is 113 cm³/mol. The highest BCUT2D eigenvalue weighted by atomic mass is 32.2. The first-order valence-corrected chi connectivity index (χ1v) is 10.2. The first-order valence-electron chi connectivity index (χ1n) is 9.21. The molecule has 0 radical (unpaired) electrons. The number of carbonyl (C=O) groups is 1. The monoisotopic (exact) mass is 412 g/mol. The molecule has 0 bridgehead atoms. The average Bonchev–Trinajstić information content (AvgIpc) is 3.18. The van der Waals surface area contributed by atoms with Crippen molar-refractivity contribution in [2.75, 3.05) is 26.6 Å². The van der Waals surface area contributed by atoms with Gasteiger partial charge in [0, 0.05) is 19.2 Å². The lowest BCUT2D eigenvalue weighted by atomic mass is 10.2. The Labute approximate surface area is 174 Å². The molecule has 0 spiro atoms. The SMILES string of the molecule is COCCn1c(SCC(=O)NCc2cccc(OC)c2)nnc1-c1ccccc1. The minimum Gasteiger partial charge on any atom is -0.497 e. The van der Waals surface area contributed by atoms with Gasteiger partial charge in [-0.25, -0.2) is 0 Å². The minimum absolute atomic E-state index is 0.0691. The van der Waals surface area contributed by atoms with Crippen LogP contribution in [-0.4, -0.2) is 47.3 Å². The van der Waals surface area contributed by atoms with E-state index in [4.69, 9.17) is 9.47 Å². The van der Waals surface area contributed by atoms with Crippen LogP contribution in [0.2, 0.25) is 0 Å². The second-order valence-electron chi connectivity index (χ2n) is 6.23. The molecule has 152 valence electrons. The maximum absolute atomic E-state index is 12.3. The van der Waals surface area contributed by atoms with E-state index in [1.54, 1.807) is 14.2 Å². The lowest BCUT2D eigenvalue weighted by Gasteiger charge is -2.10. The van der Waals surface area contributed by atoms with Gasteiger partial charge < -0.3 is 14.8 Å². The van der Waals surface area contributed by atoms with Crippen molar-refractivity contribution in [2.45, 2.75) is 18.2 Å². The smallest absolute Gasteiger partial charge is 0.230 e. The second-order valence-corrected chi connectivity index (χ2v) is 7.18. The van der Waals surface area contributed by atoms with E-state index in [1.807, 2.05) is 59.2 Å². The number of nitrogens with one attached hydrogen (secondary N) is 1. The van der Waals surface area contributed by atoms with Crippen molar-refractivity contribution in [2.24, 2.45) is 0 Å². The topological polar surface area (TPSA) is 78.3 Å². The molecule has 1 N–H and O–H groups in total. The number of rotatable bonds is 10. The Balaban J connectivity index is 1.62. The molecule has 0 aliphatic carbocycles. The van der Waals surface area contributed by atoms with Crippen molar-refractivity contribution < 1.29 is 14.3 Å². The van der Waals surface area contributed by atoms with Crippen molar-refractivity contribution in [3.05, 3.63) is 60.2 Å². The fraction of sp³-hybridized carbons (Fsp3) is 0.286. The standard InChI is InChI=1S/C21H24N4O3S/c1-27-12-11-25-20(17-8-4-3-5-9-17)23-24-21(25)29-15-19(26)22-14-16-7-6-10-18(13-16)28-2/h3-10,13H,11-12,14-15H2,1-2H3,(H,22,26). The molecule has 8 heteroatoms. The van der Waals surface area contributed by atoms with Crippen molar-refractivity contribution >= 4 is 17.7 Å². The highest BCUT2D eigenvalue weighted by Crippen LogP contribution is 2.23. The van der Waals surface area contributed by atoms with E-state index >= 15 is 0 Å². The number of ether oxygens (including phenoxy) is 2. The molecule has 3 aromatic rings. The number of thioether (sulfide) groups is 1. The molecule has 3 rings (SSSR count). The fourth-order valence-corrected chi connectivity index (χ4v) is 3.54. The van der Waals surface area contributed by atoms with Gasteiger partial charge in [0.2, 0.25) is 5.91 Å². The van der Waals surface area contributed by atoms with Crippen LogP contribution in [0.15, 0.2) is 59.8 Å². The zero-order valence-corrected chi connectivity index (χ0v) is 17.3. The van der Waals surface area contributed by atoms with E-state index < -0.39 is 0 Å². The maximum atomic E-state index is 12.3. The highest BCUT2D eigenvalue weighted by Gasteiger charge is 2.15. The van der Waals surface area contributed by atoms with Gasteiger partial charge in [-0.05, 0) is 17.7 Å². The lowest BCUT2D eigenvalue weighted by Crippen LogP contribution is -2.24. The van der Waals surface area contributed by atoms with E-state index in [-0.39, 0.29) is 11.7 Å². The number of hydrogen-bond donors (Lipinski definition) is 1. The van der Waals surface area contributed by atoms with Gasteiger partial charge in [0.05, 0.1) is 26.0 Å². The van der Waals surface area contributed by atoms with Gasteiger partial charge in [0.1, 0.15) is 5.75 Å². The number of nitrogens with zero attached hydrogens (tertiary/aromatic N) is 3. The molecule has 0 unspecified atom stereocenters. The highest BCUT2D eigenvalue weighted by molar-refractivity contribution is 7.99. The molecule has 2 aromatic carbocycles. The van der Waals surface area contributed by atoms with E-state index in [1.165, 1.54) is 11.8 Å². The molecule has 0 atom stereocenters. The molecule has 1 aromatic heterocycles. The number of methoxy groups -OCH3 is 2. The molecule has 29 heavy (non-hydrogen) atoms. The summed E-state index contributed by atoms with van der Waals surface area (Å²) in [6.45, 7) is 1.59. The van der Waals surface area contributed by atoms with Gasteiger partial charge in [-0.1, -0.05) is 54.2 Å². The molecular weight excluding hydrogens is 388 g/mol. The van der Waals surface area contributed by atoms with Crippen LogP contribution in [0.25, 0.3) is 11.4 Å². The molecule has 7 nitrogen and oxygen atoms in total. The number of carbonyl (C=O) groups excluding carboxylic acids is 1. The Morgan fingerprint density at radius 1 is 1.10 bits per heavy atom. The third kappa shape index (κ3) is 5.82. The second kappa shape index (κ2) is 10.6. The Kier molecular flexibility index (Phi) is 7.66. The van der Waals surface area contributed by atoms with E-state index in [2.05, 4.69) is 15.5 Å². The average molecular weight is 413 g/mol. The summed E-state index contributed by atoms with van der Waals surface area (Å²) in [7, 11) is 3.28. The summed E-state index contributed by atoms with van der Waals surface area (Å²) in [4.78, 5) is 12.3. The van der Waals surface area contributed by atoms with E-state index in [9.17, 15) is 4.79 Å². The number of amides is 1. The summed E-state index contributed by atoms with van der Waals surface area (Å²) in [6, 6.07) is 17.5. The summed E-state index contributed by atoms with van der Waals surface area (Å²) in [6.07, 6.45) is 0. The molecule has 0 aliphatic heterocycles. The van der Waals surface area contributed by atoms with Crippen LogP contribution in [0.5, 0.6) is 5.75 Å². The first-order chi connectivity index (χ1) is 14.2. The van der Waals surface area contributed by atoms with E-state index in [0.29, 0.717) is 24.9 Å². The van der Waals surface area contributed by atoms with Gasteiger partial charge in [-0.2, -0.15) is 0 Å². The third-order valence-corrected chi connectivity index (χ3v) is 5.19. The quantitative estimate of drug-likeness (QED) is 0.516. The normalized spacial score (nSPS) is 10.7. The minimum atomic E-state index is -0.0691. The molecule has 0 fully saturated rings. The Morgan fingerprint density at radius 3 is 2.69 bits per heavy atom. The zero-order valence-electron chi connectivity index (χ0n) is 16.5. The van der Waals surface area contributed by atoms with Crippen LogP contribution in [0.1, 0.15) is 5.56 Å². The lowest BCUT2D eigenvalue weighted by molar-refractivity contribution is -0.118. The number of hydrogen-bond acceptors (Lipinski definition) is 6. The molecule has 0 saturated carbocycles. The summed E-state index contributed by atoms with van der Waals surface area (Å²) in [5, 5.41) is 12.2. The predicted octanol–water partition coefficient (Wildman–Crippen LogP) is 3.01. The fourth-order valence-electron chi connectivity index (χ4n) is 2.74. The van der Waals surface area contributed by atoms with Gasteiger partial charge in [0.25, 0.3) is 0 Å². The summed E-state index contributed by atoms with van der Waals surface area (Å²) in [5.41, 5.74) is 1.96. The van der Waals surface area contributed by atoms with Gasteiger partial charge in [0.15, 0.2) is 11.0 Å². The summed E-state index contributed by atoms with van der Waals surface area (Å²) < 4.78 is 12.4. The van der Waals surface area contributed by atoms with Gasteiger partial charge in [-0.3, -0.25) is 9.36 Å². The molecule has 0 aliphatic rings. The van der Waals surface area contributed by atoms with Gasteiger partial charge >= 0.3 is 0 Å². The van der Waals surface area contributed by atoms with Crippen LogP contribution < -0.4 is 10.1 Å². The molecule has 0 saturated heterocycles. The summed E-state index contributed by atoms with van der Waals surface area (Å²) >= 11 is 1.36. The molecular formula is C21H24N4O3S. The molecule has 1 amide bonds. The van der Waals surface area contributed by atoms with Crippen LogP contribution in [0.4, 0.5) is 0 Å². The first kappa shape index (κ1) is 20.9. The number of aromatic nitrogens is 3. The number of benzene rings is 2. The van der Waals surface area contributed by atoms with Crippen molar-refractivity contribution in [1.29, 1.82) is 0 Å². The molecule has 1 heterocycles. The Hall–Kier alpha value is -2.84. The summed E-state index contributed by atoms with van der Waals surface area (Å²) in [5.74, 6) is 1.72. The van der Waals surface area contributed by atoms with E-state index in [0.717, 1.165) is 22.7 Å². The van der Waals surface area contributed by atoms with Gasteiger partial charge in [-0.15, -0.1) is 10.2 Å². The van der Waals surface area contributed by atoms with Crippen LogP contribution >= 0.6 is 11.8 Å². The van der Waals surface area contributed by atoms with Crippen LogP contribution in [-0.2, 0) is 22.6 Å². The van der Waals surface area contributed by atoms with Crippen molar-refractivity contribution in [1.82, 2.24) is 20.1 Å². The van der Waals surface area contributed by atoms with Crippen molar-refractivity contribution in [3.63, 3.8) is 0 Å². The third-order valence-electron chi connectivity index (χ3n) is 4.22. The maximum Gasteiger partial charge on any atom is 0.230 e. The largest absolute Gasteiger partial charge is 0.497 e. The Bertz CT molecular complexity index is 931. The van der Waals surface area contributed by atoms with Crippen LogP contribution in [0, 0.1) is 0 Å². The van der Waals surface area contributed by atoms with Crippen LogP contribution in [0.3, 0.4) is 0 Å². The van der Waals surface area contributed by atoms with Crippen molar-refractivity contribution in [3.8, 4) is 17.1 Å². The zero-order chi connectivity index (χ0) is 20.5. The Morgan fingerprint density at radius 2 is 1.93 bits per heavy atom.